The van der Waals surface area contributed by atoms with E-state index in [1.54, 1.807) is 12.3 Å². The summed E-state index contributed by atoms with van der Waals surface area (Å²) in [4.78, 5) is 4.25. The van der Waals surface area contributed by atoms with Crippen LogP contribution in [0.2, 0.25) is 0 Å². The Morgan fingerprint density at radius 2 is 2.35 bits per heavy atom. The van der Waals surface area contributed by atoms with Crippen LogP contribution in [0, 0.1) is 13.8 Å². The van der Waals surface area contributed by atoms with Crippen molar-refractivity contribution >= 4 is 5.95 Å². The smallest absolute Gasteiger partial charge is 0.203 e. The van der Waals surface area contributed by atoms with Crippen LogP contribution in [-0.2, 0) is 6.54 Å². The van der Waals surface area contributed by atoms with Gasteiger partial charge < -0.3 is 14.4 Å². The minimum atomic E-state index is 0.693. The van der Waals surface area contributed by atoms with Crippen molar-refractivity contribution in [3.05, 3.63) is 42.1 Å². The quantitative estimate of drug-likeness (QED) is 0.802. The predicted octanol–water partition coefficient (Wildman–Crippen LogP) is 2.13. The largest absolute Gasteiger partial charge is 0.361 e. The van der Waals surface area contributed by atoms with Gasteiger partial charge in [0, 0.05) is 24.5 Å². The van der Waals surface area contributed by atoms with E-state index in [2.05, 4.69) is 22.0 Å². The zero-order chi connectivity index (χ0) is 12.3. The van der Waals surface area contributed by atoms with Crippen LogP contribution < -0.4 is 5.32 Å². The molecule has 0 saturated carbocycles. The molecule has 0 fully saturated rings. The topological polar surface area (TPSA) is 55.9 Å². The van der Waals surface area contributed by atoms with Gasteiger partial charge >= 0.3 is 0 Å². The van der Waals surface area contributed by atoms with Gasteiger partial charge in [-0.15, -0.1) is 6.58 Å². The highest BCUT2D eigenvalue weighted by atomic mass is 16.5. The van der Waals surface area contributed by atoms with Crippen molar-refractivity contribution in [2.45, 2.75) is 20.4 Å². The summed E-state index contributed by atoms with van der Waals surface area (Å²) >= 11 is 0. The number of aromatic nitrogens is 3. The molecule has 2 aromatic heterocycles. The molecule has 2 heterocycles. The van der Waals surface area contributed by atoms with Gasteiger partial charge in [0.1, 0.15) is 5.76 Å². The van der Waals surface area contributed by atoms with E-state index in [0.717, 1.165) is 23.0 Å². The van der Waals surface area contributed by atoms with Gasteiger partial charge in [0.2, 0.25) is 5.95 Å². The van der Waals surface area contributed by atoms with Gasteiger partial charge in [-0.25, -0.2) is 4.98 Å². The van der Waals surface area contributed by atoms with E-state index in [1.165, 1.54) is 0 Å². The minimum absolute atomic E-state index is 0.693. The van der Waals surface area contributed by atoms with E-state index in [0.29, 0.717) is 13.1 Å². The normalized spacial score (nSPS) is 10.5. The summed E-state index contributed by atoms with van der Waals surface area (Å²) in [7, 11) is 0. The summed E-state index contributed by atoms with van der Waals surface area (Å²) in [5.74, 6) is 1.68. The third kappa shape index (κ3) is 2.38. The molecule has 90 valence electrons. The van der Waals surface area contributed by atoms with Crippen LogP contribution in [0.5, 0.6) is 0 Å². The van der Waals surface area contributed by atoms with Gasteiger partial charge in [0.15, 0.2) is 0 Å². The first-order chi connectivity index (χ1) is 8.22. The number of imidazole rings is 1. The van der Waals surface area contributed by atoms with Gasteiger partial charge in [0.05, 0.1) is 12.2 Å². The first-order valence-electron chi connectivity index (χ1n) is 5.50. The molecular weight excluding hydrogens is 216 g/mol. The average Bonchev–Trinajstić information content (AvgIpc) is 2.88. The molecule has 5 heteroatoms. The Hall–Kier alpha value is -2.04. The Bertz CT molecular complexity index is 493. The number of anilines is 1. The standard InChI is InChI=1S/C12H16N4O/c1-4-5-13-12-14-6-7-16(12)8-11-9(2)15-17-10(11)3/h4,6-7H,1,5,8H2,2-3H3,(H,13,14). The lowest BCUT2D eigenvalue weighted by molar-refractivity contribution is 0.392. The van der Waals surface area contributed by atoms with Gasteiger partial charge in [0.25, 0.3) is 0 Å². The van der Waals surface area contributed by atoms with Crippen molar-refractivity contribution in [2.24, 2.45) is 0 Å². The molecule has 0 saturated heterocycles. The maximum atomic E-state index is 5.14. The monoisotopic (exact) mass is 232 g/mol. The van der Waals surface area contributed by atoms with Crippen LogP contribution in [0.15, 0.2) is 29.6 Å². The third-order valence-corrected chi connectivity index (χ3v) is 2.63. The Morgan fingerprint density at radius 1 is 1.53 bits per heavy atom. The van der Waals surface area contributed by atoms with E-state index in [-0.39, 0.29) is 0 Å². The predicted molar refractivity (Wildman–Crippen MR) is 66.0 cm³/mol. The molecule has 0 aliphatic rings. The van der Waals surface area contributed by atoms with Crippen molar-refractivity contribution in [1.82, 2.24) is 14.7 Å². The molecule has 0 aromatic carbocycles. The SMILES string of the molecule is C=CCNc1nccn1Cc1c(C)noc1C. The summed E-state index contributed by atoms with van der Waals surface area (Å²) in [6.07, 6.45) is 5.50. The summed E-state index contributed by atoms with van der Waals surface area (Å²) in [5.41, 5.74) is 2.02. The van der Waals surface area contributed by atoms with Gasteiger partial charge in [-0.2, -0.15) is 0 Å². The highest BCUT2D eigenvalue weighted by Gasteiger charge is 2.11. The van der Waals surface area contributed by atoms with Crippen molar-refractivity contribution in [3.8, 4) is 0 Å². The third-order valence-electron chi connectivity index (χ3n) is 2.63. The van der Waals surface area contributed by atoms with Crippen LogP contribution >= 0.6 is 0 Å². The van der Waals surface area contributed by atoms with Crippen LogP contribution in [0.3, 0.4) is 0 Å². The average molecular weight is 232 g/mol. The molecule has 2 aromatic rings. The maximum Gasteiger partial charge on any atom is 0.203 e. The first kappa shape index (κ1) is 11.4. The Balaban J connectivity index is 2.18. The Kier molecular flexibility index (Phi) is 3.27. The Labute approximate surface area is 100 Å². The molecule has 5 nitrogen and oxygen atoms in total. The zero-order valence-electron chi connectivity index (χ0n) is 10.1. The molecular formula is C12H16N4O. The lowest BCUT2D eigenvalue weighted by Crippen LogP contribution is -2.08. The minimum Gasteiger partial charge on any atom is -0.361 e. The van der Waals surface area contributed by atoms with Crippen molar-refractivity contribution in [3.63, 3.8) is 0 Å². The van der Waals surface area contributed by atoms with Gasteiger partial charge in [-0.1, -0.05) is 11.2 Å². The zero-order valence-corrected chi connectivity index (χ0v) is 10.1. The number of hydrogen-bond acceptors (Lipinski definition) is 4. The molecule has 0 spiro atoms. The van der Waals surface area contributed by atoms with Gasteiger partial charge in [-0.05, 0) is 13.8 Å². The van der Waals surface area contributed by atoms with Crippen LogP contribution in [-0.4, -0.2) is 21.3 Å². The van der Waals surface area contributed by atoms with E-state index >= 15 is 0 Å². The summed E-state index contributed by atoms with van der Waals surface area (Å²) in [5, 5.41) is 7.12. The fourth-order valence-corrected chi connectivity index (χ4v) is 1.67. The highest BCUT2D eigenvalue weighted by Crippen LogP contribution is 2.16. The molecule has 1 N–H and O–H groups in total. The van der Waals surface area contributed by atoms with Crippen molar-refractivity contribution < 1.29 is 4.52 Å². The summed E-state index contributed by atoms with van der Waals surface area (Å²) < 4.78 is 7.17. The summed E-state index contributed by atoms with van der Waals surface area (Å²) in [6.45, 7) is 8.94. The first-order valence-corrected chi connectivity index (χ1v) is 5.50. The number of nitrogens with zero attached hydrogens (tertiary/aromatic N) is 3. The molecule has 0 aliphatic heterocycles. The molecule has 0 unspecified atom stereocenters. The number of hydrogen-bond donors (Lipinski definition) is 1. The van der Waals surface area contributed by atoms with Crippen LogP contribution in [0.4, 0.5) is 5.95 Å². The second kappa shape index (κ2) is 4.86. The van der Waals surface area contributed by atoms with E-state index in [9.17, 15) is 0 Å². The van der Waals surface area contributed by atoms with E-state index in [4.69, 9.17) is 4.52 Å². The number of rotatable bonds is 5. The molecule has 0 amide bonds. The van der Waals surface area contributed by atoms with Crippen LogP contribution in [0.25, 0.3) is 0 Å². The lowest BCUT2D eigenvalue weighted by atomic mass is 10.2. The van der Waals surface area contributed by atoms with Crippen molar-refractivity contribution in [2.75, 3.05) is 11.9 Å². The number of nitrogens with one attached hydrogen (secondary N) is 1. The fraction of sp³-hybridized carbons (Fsp3) is 0.333. The molecule has 0 radical (unpaired) electrons. The van der Waals surface area contributed by atoms with E-state index < -0.39 is 0 Å². The highest BCUT2D eigenvalue weighted by molar-refractivity contribution is 5.30. The second-order valence-corrected chi connectivity index (χ2v) is 3.85. The second-order valence-electron chi connectivity index (χ2n) is 3.85. The molecule has 0 atom stereocenters. The molecule has 0 aliphatic carbocycles. The molecule has 2 rings (SSSR count). The molecule has 0 bridgehead atoms. The van der Waals surface area contributed by atoms with Gasteiger partial charge in [-0.3, -0.25) is 0 Å². The van der Waals surface area contributed by atoms with Crippen LogP contribution in [0.1, 0.15) is 17.0 Å². The Morgan fingerprint density at radius 3 is 3.00 bits per heavy atom. The maximum absolute atomic E-state index is 5.14. The fourth-order valence-electron chi connectivity index (χ4n) is 1.67. The molecule has 17 heavy (non-hydrogen) atoms. The van der Waals surface area contributed by atoms with Crippen molar-refractivity contribution in [1.29, 1.82) is 0 Å². The van der Waals surface area contributed by atoms with E-state index in [1.807, 2.05) is 24.6 Å². The lowest BCUT2D eigenvalue weighted by Gasteiger charge is -2.07. The number of aryl methyl sites for hydroxylation is 2. The summed E-state index contributed by atoms with van der Waals surface area (Å²) in [6, 6.07) is 0.